The number of fused-ring (bicyclic) bond motifs is 1. The number of anilines is 1. The first kappa shape index (κ1) is 20.1. The van der Waals surface area contributed by atoms with Gasteiger partial charge in [0, 0.05) is 17.8 Å². The zero-order chi connectivity index (χ0) is 21.4. The van der Waals surface area contributed by atoms with Crippen LogP contribution in [0, 0.1) is 6.92 Å². The minimum atomic E-state index is -0.236. The molecule has 1 aromatic carbocycles. The highest BCUT2D eigenvalue weighted by Crippen LogP contribution is 2.33. The molecule has 6 nitrogen and oxygen atoms in total. The van der Waals surface area contributed by atoms with Crippen molar-refractivity contribution in [3.05, 3.63) is 63.3 Å². The van der Waals surface area contributed by atoms with Crippen molar-refractivity contribution in [2.75, 3.05) is 11.4 Å². The fraction of sp³-hybridized carbons (Fsp3) is 0.304. The van der Waals surface area contributed by atoms with E-state index in [1.807, 2.05) is 37.3 Å². The van der Waals surface area contributed by atoms with E-state index < -0.39 is 0 Å². The molecule has 0 radical (unpaired) electrons. The molecule has 0 bridgehead atoms. The summed E-state index contributed by atoms with van der Waals surface area (Å²) in [7, 11) is 0. The molecule has 0 aliphatic carbocycles. The van der Waals surface area contributed by atoms with Crippen LogP contribution in [0.3, 0.4) is 0 Å². The first-order valence-corrected chi connectivity index (χ1v) is 12.0. The molecule has 1 fully saturated rings. The molecule has 0 saturated carbocycles. The third kappa shape index (κ3) is 4.05. The number of benzene rings is 1. The average molecular weight is 451 g/mol. The molecule has 5 rings (SSSR count). The van der Waals surface area contributed by atoms with Crippen molar-refractivity contribution in [3.63, 3.8) is 0 Å². The highest BCUT2D eigenvalue weighted by Gasteiger charge is 2.32. The number of H-pyrrole nitrogens is 1. The number of aromatic amines is 1. The van der Waals surface area contributed by atoms with Gasteiger partial charge in [0.15, 0.2) is 27.1 Å². The molecule has 3 aromatic heterocycles. The van der Waals surface area contributed by atoms with Gasteiger partial charge in [-0.2, -0.15) is 0 Å². The maximum absolute atomic E-state index is 13.0. The van der Waals surface area contributed by atoms with Gasteiger partial charge in [-0.15, -0.1) is 11.3 Å². The monoisotopic (exact) mass is 450 g/mol. The van der Waals surface area contributed by atoms with Crippen molar-refractivity contribution in [2.45, 2.75) is 38.6 Å². The van der Waals surface area contributed by atoms with Crippen LogP contribution in [0.4, 0.5) is 5.13 Å². The lowest BCUT2D eigenvalue weighted by atomic mass is 10.0. The molecular weight excluding hydrogens is 428 g/mol. The van der Waals surface area contributed by atoms with E-state index in [-0.39, 0.29) is 17.4 Å². The van der Waals surface area contributed by atoms with E-state index in [1.54, 1.807) is 11.3 Å². The fourth-order valence-corrected chi connectivity index (χ4v) is 5.86. The second-order valence-corrected chi connectivity index (χ2v) is 10.0. The third-order valence-corrected chi connectivity index (χ3v) is 7.60. The normalized spacial score (nSPS) is 16.3. The summed E-state index contributed by atoms with van der Waals surface area (Å²) in [6.07, 6.45) is 3.03. The number of nitrogens with zero attached hydrogens (tertiary/aromatic N) is 3. The van der Waals surface area contributed by atoms with Crippen molar-refractivity contribution >= 4 is 43.9 Å². The Morgan fingerprint density at radius 3 is 2.77 bits per heavy atom. The van der Waals surface area contributed by atoms with Crippen LogP contribution in [0.25, 0.3) is 21.0 Å². The lowest BCUT2D eigenvalue weighted by Crippen LogP contribution is -2.36. The van der Waals surface area contributed by atoms with Gasteiger partial charge in [-0.1, -0.05) is 41.7 Å². The summed E-state index contributed by atoms with van der Waals surface area (Å²) in [5.41, 5.74) is 1.28. The Bertz CT molecular complexity index is 1290. The standard InChI is InChI=1S/C23H22N4O2S2/c1-14-9-12-18(30-14)20-25-21(29)19-22(26-20)31-23(24-19)27-13-5-8-16(27)17(28)11-10-15-6-3-2-4-7-15/h2-4,6-7,9,12,16H,5,8,10-11,13H2,1H3,(H,25,26,29)/t16-/m1/s1. The molecule has 1 N–H and O–H groups in total. The average Bonchev–Trinajstić information content (AvgIpc) is 3.51. The van der Waals surface area contributed by atoms with Gasteiger partial charge in [0.05, 0.1) is 10.9 Å². The number of rotatable bonds is 6. The van der Waals surface area contributed by atoms with E-state index in [4.69, 9.17) is 0 Å². The van der Waals surface area contributed by atoms with Gasteiger partial charge < -0.3 is 9.88 Å². The van der Waals surface area contributed by atoms with Gasteiger partial charge >= 0.3 is 0 Å². The summed E-state index contributed by atoms with van der Waals surface area (Å²) in [4.78, 5) is 42.5. The van der Waals surface area contributed by atoms with Crippen LogP contribution in [-0.4, -0.2) is 33.3 Å². The van der Waals surface area contributed by atoms with Crippen molar-refractivity contribution < 1.29 is 4.79 Å². The molecule has 1 aliphatic rings. The zero-order valence-corrected chi connectivity index (χ0v) is 18.8. The number of hydrogen-bond acceptors (Lipinski definition) is 7. The minimum Gasteiger partial charge on any atom is -0.338 e. The quantitative estimate of drug-likeness (QED) is 0.465. The van der Waals surface area contributed by atoms with Crippen molar-refractivity contribution in [3.8, 4) is 10.7 Å². The van der Waals surface area contributed by atoms with Gasteiger partial charge in [0.1, 0.15) is 0 Å². The van der Waals surface area contributed by atoms with Crippen LogP contribution in [0.1, 0.15) is 29.7 Å². The van der Waals surface area contributed by atoms with E-state index in [0.29, 0.717) is 27.7 Å². The smallest absolute Gasteiger partial charge is 0.278 e. The molecule has 1 atom stereocenters. The number of carbonyl (C=O) groups is 1. The lowest BCUT2D eigenvalue weighted by molar-refractivity contribution is -0.120. The summed E-state index contributed by atoms with van der Waals surface area (Å²) in [5.74, 6) is 0.805. The maximum atomic E-state index is 13.0. The van der Waals surface area contributed by atoms with Gasteiger partial charge in [0.25, 0.3) is 5.56 Å². The predicted molar refractivity (Wildman–Crippen MR) is 126 cm³/mol. The summed E-state index contributed by atoms with van der Waals surface area (Å²) in [6.45, 7) is 2.80. The van der Waals surface area contributed by atoms with Crippen LogP contribution >= 0.6 is 22.7 Å². The fourth-order valence-electron chi connectivity index (χ4n) is 4.03. The first-order valence-electron chi connectivity index (χ1n) is 10.4. The van der Waals surface area contributed by atoms with E-state index in [1.165, 1.54) is 16.9 Å². The van der Waals surface area contributed by atoms with Crippen molar-refractivity contribution in [2.24, 2.45) is 0 Å². The number of nitrogens with one attached hydrogen (secondary N) is 1. The van der Waals surface area contributed by atoms with Gasteiger partial charge in [-0.3, -0.25) is 9.59 Å². The summed E-state index contributed by atoms with van der Waals surface area (Å²) in [6, 6.07) is 13.9. The number of ketones is 1. The Morgan fingerprint density at radius 2 is 2.00 bits per heavy atom. The van der Waals surface area contributed by atoms with E-state index in [9.17, 15) is 9.59 Å². The molecule has 1 saturated heterocycles. The SMILES string of the molecule is Cc1ccc(-c2nc3sc(N4CCC[C@@H]4C(=O)CCc4ccccc4)nc3c(=O)[nH]2)s1. The second-order valence-electron chi connectivity index (χ2n) is 7.78. The van der Waals surface area contributed by atoms with Crippen molar-refractivity contribution in [1.82, 2.24) is 15.0 Å². The summed E-state index contributed by atoms with van der Waals surface area (Å²) < 4.78 is 0. The molecule has 1 aliphatic heterocycles. The highest BCUT2D eigenvalue weighted by molar-refractivity contribution is 7.21. The Kier molecular flexibility index (Phi) is 5.41. The summed E-state index contributed by atoms with van der Waals surface area (Å²) >= 11 is 2.99. The van der Waals surface area contributed by atoms with Crippen LogP contribution < -0.4 is 10.5 Å². The number of aryl methyl sites for hydroxylation is 2. The van der Waals surface area contributed by atoms with Crippen molar-refractivity contribution in [1.29, 1.82) is 0 Å². The first-order chi connectivity index (χ1) is 15.1. The molecule has 0 unspecified atom stereocenters. The second kappa shape index (κ2) is 8.36. The Balaban J connectivity index is 1.39. The molecule has 4 heterocycles. The van der Waals surface area contributed by atoms with E-state index in [0.717, 1.165) is 35.6 Å². The molecule has 31 heavy (non-hydrogen) atoms. The Labute approximate surface area is 187 Å². The van der Waals surface area contributed by atoms with Crippen LogP contribution in [0.2, 0.25) is 0 Å². The lowest BCUT2D eigenvalue weighted by Gasteiger charge is -2.22. The summed E-state index contributed by atoms with van der Waals surface area (Å²) in [5, 5.41) is 0.711. The molecule has 158 valence electrons. The Hall–Kier alpha value is -2.84. The maximum Gasteiger partial charge on any atom is 0.278 e. The molecule has 8 heteroatoms. The van der Waals surface area contributed by atoms with Crippen LogP contribution in [0.15, 0.2) is 47.3 Å². The zero-order valence-electron chi connectivity index (χ0n) is 17.1. The number of thiophene rings is 1. The van der Waals surface area contributed by atoms with Crippen LogP contribution in [0.5, 0.6) is 0 Å². The Morgan fingerprint density at radius 1 is 1.16 bits per heavy atom. The number of aromatic nitrogens is 3. The van der Waals surface area contributed by atoms with Crippen LogP contribution in [-0.2, 0) is 11.2 Å². The van der Waals surface area contributed by atoms with Gasteiger partial charge in [-0.05, 0) is 43.9 Å². The molecule has 0 amide bonds. The van der Waals surface area contributed by atoms with E-state index in [2.05, 4.69) is 32.0 Å². The highest BCUT2D eigenvalue weighted by atomic mass is 32.1. The largest absolute Gasteiger partial charge is 0.338 e. The topological polar surface area (TPSA) is 79.0 Å². The molecular formula is C23H22N4O2S2. The minimum absolute atomic E-state index is 0.178. The third-order valence-electron chi connectivity index (χ3n) is 5.61. The van der Waals surface area contributed by atoms with E-state index >= 15 is 0 Å². The number of carbonyl (C=O) groups excluding carboxylic acids is 1. The number of thiazole rings is 1. The van der Waals surface area contributed by atoms with Gasteiger partial charge in [-0.25, -0.2) is 9.97 Å². The predicted octanol–water partition coefficient (Wildman–Crippen LogP) is 4.59. The molecule has 4 aromatic rings. The molecule has 0 spiro atoms. The number of hydrogen-bond donors (Lipinski definition) is 1. The van der Waals surface area contributed by atoms with Gasteiger partial charge in [0.2, 0.25) is 0 Å². The number of Topliss-reactive ketones (excluding diaryl/α,β-unsaturated/α-hetero) is 1.